The van der Waals surface area contributed by atoms with Crippen molar-refractivity contribution in [2.24, 2.45) is 0 Å². The van der Waals surface area contributed by atoms with Gasteiger partial charge in [0.1, 0.15) is 17.3 Å². The van der Waals surface area contributed by atoms with Crippen molar-refractivity contribution in [2.45, 2.75) is 20.0 Å². The van der Waals surface area contributed by atoms with Crippen LogP contribution in [0.25, 0.3) is 22.4 Å². The van der Waals surface area contributed by atoms with E-state index in [-0.39, 0.29) is 5.82 Å². The van der Waals surface area contributed by atoms with E-state index < -0.39 is 0 Å². The summed E-state index contributed by atoms with van der Waals surface area (Å²) in [5.74, 6) is 0.182. The summed E-state index contributed by atoms with van der Waals surface area (Å²) in [5, 5.41) is 4.81. The van der Waals surface area contributed by atoms with Gasteiger partial charge in [0.05, 0.1) is 23.8 Å². The fraction of sp³-hybridized carbons (Fsp3) is 0.211. The molecule has 132 valence electrons. The predicted octanol–water partition coefficient (Wildman–Crippen LogP) is 3.50. The first-order chi connectivity index (χ1) is 12.5. The lowest BCUT2D eigenvalue weighted by Crippen LogP contribution is -2.36. The molecule has 7 heteroatoms. The third-order valence-corrected chi connectivity index (χ3v) is 4.87. The minimum atomic E-state index is -0.269. The molecule has 2 aromatic heterocycles. The summed E-state index contributed by atoms with van der Waals surface area (Å²) in [4.78, 5) is 7.11. The summed E-state index contributed by atoms with van der Waals surface area (Å²) >= 11 is 5.36. The van der Waals surface area contributed by atoms with Gasteiger partial charge in [0.25, 0.3) is 0 Å². The number of hydrogen-bond donors (Lipinski definition) is 1. The van der Waals surface area contributed by atoms with E-state index in [2.05, 4.69) is 9.88 Å². The minimum absolute atomic E-state index is 0.269. The molecule has 1 aliphatic heterocycles. The van der Waals surface area contributed by atoms with E-state index >= 15 is 0 Å². The van der Waals surface area contributed by atoms with Gasteiger partial charge in [-0.3, -0.25) is 4.68 Å². The van der Waals surface area contributed by atoms with Gasteiger partial charge < -0.3 is 10.6 Å². The van der Waals surface area contributed by atoms with Crippen molar-refractivity contribution in [1.29, 1.82) is 0 Å². The van der Waals surface area contributed by atoms with Crippen molar-refractivity contribution in [3.05, 3.63) is 54.1 Å². The molecule has 0 spiro atoms. The maximum Gasteiger partial charge on any atom is 0.123 e. The maximum atomic E-state index is 13.4. The summed E-state index contributed by atoms with van der Waals surface area (Å²) < 4.78 is 15.4. The summed E-state index contributed by atoms with van der Waals surface area (Å²) in [6, 6.07) is 10.2. The second-order valence-electron chi connectivity index (χ2n) is 6.31. The molecule has 3 heterocycles. The Balaban J connectivity index is 1.92. The molecule has 5 nitrogen and oxygen atoms in total. The maximum absolute atomic E-state index is 13.4. The fourth-order valence-corrected chi connectivity index (χ4v) is 3.46. The molecule has 0 saturated carbocycles. The van der Waals surface area contributed by atoms with E-state index in [1.165, 1.54) is 12.1 Å². The van der Waals surface area contributed by atoms with Crippen molar-refractivity contribution in [3.8, 4) is 22.4 Å². The van der Waals surface area contributed by atoms with Crippen LogP contribution in [0.4, 0.5) is 10.2 Å². The number of fused-ring (bicyclic) bond motifs is 1. The number of thiocarbonyl (C=S) groups is 1. The molecule has 0 unspecified atom stereocenters. The molecule has 0 radical (unpaired) electrons. The Labute approximate surface area is 156 Å². The fourth-order valence-electron chi connectivity index (χ4n) is 3.30. The number of nitrogen functional groups attached to an aromatic ring is 1. The average molecular weight is 367 g/mol. The molecule has 1 aliphatic rings. The molecule has 4 rings (SSSR count). The van der Waals surface area contributed by atoms with Crippen LogP contribution in [-0.4, -0.2) is 31.2 Å². The zero-order valence-electron chi connectivity index (χ0n) is 14.3. The highest BCUT2D eigenvalue weighted by Gasteiger charge is 2.26. The Hall–Kier alpha value is -2.80. The average Bonchev–Trinajstić information content (AvgIpc) is 3.00. The topological polar surface area (TPSA) is 60.0 Å². The number of halogens is 1. The predicted molar refractivity (Wildman–Crippen MR) is 104 cm³/mol. The van der Waals surface area contributed by atoms with Crippen LogP contribution in [0.1, 0.15) is 12.6 Å². The van der Waals surface area contributed by atoms with Crippen molar-refractivity contribution >= 4 is 23.0 Å². The third kappa shape index (κ3) is 2.94. The second kappa shape index (κ2) is 6.49. The Morgan fingerprint density at radius 1 is 1.15 bits per heavy atom. The highest BCUT2D eigenvalue weighted by molar-refractivity contribution is 7.80. The van der Waals surface area contributed by atoms with Crippen LogP contribution >= 0.6 is 12.2 Å². The van der Waals surface area contributed by atoms with Crippen LogP contribution in [0.2, 0.25) is 0 Å². The number of pyridine rings is 1. The van der Waals surface area contributed by atoms with Crippen LogP contribution in [0.5, 0.6) is 0 Å². The summed E-state index contributed by atoms with van der Waals surface area (Å²) in [6.45, 7) is 4.19. The van der Waals surface area contributed by atoms with Crippen LogP contribution in [0, 0.1) is 5.82 Å². The highest BCUT2D eigenvalue weighted by Crippen LogP contribution is 2.37. The molecule has 3 aromatic rings. The lowest BCUT2D eigenvalue weighted by molar-refractivity contribution is 0.324. The van der Waals surface area contributed by atoms with Gasteiger partial charge >= 0.3 is 0 Å². The van der Waals surface area contributed by atoms with E-state index in [4.69, 9.17) is 23.1 Å². The van der Waals surface area contributed by atoms with Gasteiger partial charge in [0.15, 0.2) is 0 Å². The number of aromatic nitrogens is 3. The van der Waals surface area contributed by atoms with E-state index in [1.807, 2.05) is 23.7 Å². The molecule has 0 fully saturated rings. The van der Waals surface area contributed by atoms with E-state index in [0.717, 1.165) is 46.2 Å². The van der Waals surface area contributed by atoms with Crippen LogP contribution in [0.15, 0.2) is 42.6 Å². The first kappa shape index (κ1) is 16.7. The lowest BCUT2D eigenvalue weighted by atomic mass is 9.98. The smallest absolute Gasteiger partial charge is 0.123 e. The number of rotatable bonds is 2. The molecular formula is C19H18FN5S. The van der Waals surface area contributed by atoms with Crippen molar-refractivity contribution in [1.82, 2.24) is 19.7 Å². The molecule has 0 atom stereocenters. The van der Waals surface area contributed by atoms with E-state index in [0.29, 0.717) is 12.4 Å². The molecule has 0 aliphatic carbocycles. The van der Waals surface area contributed by atoms with Gasteiger partial charge in [-0.15, -0.1) is 0 Å². The quantitative estimate of drug-likeness (QED) is 0.703. The highest BCUT2D eigenvalue weighted by atomic mass is 32.1. The molecule has 2 N–H and O–H groups in total. The van der Waals surface area contributed by atoms with Crippen molar-refractivity contribution < 1.29 is 4.39 Å². The minimum Gasteiger partial charge on any atom is -0.384 e. The molecule has 0 amide bonds. The SMILES string of the molecule is CC(=S)N1CCn2nc(-c3ccc(F)cc3)c(-c3ccnc(N)c3)c2C1. The first-order valence-corrected chi connectivity index (χ1v) is 8.77. The molecule has 1 aromatic carbocycles. The summed E-state index contributed by atoms with van der Waals surface area (Å²) in [6.07, 6.45) is 1.69. The van der Waals surface area contributed by atoms with Gasteiger partial charge in [0, 0.05) is 23.9 Å². The van der Waals surface area contributed by atoms with Crippen molar-refractivity contribution in [3.63, 3.8) is 0 Å². The van der Waals surface area contributed by atoms with Gasteiger partial charge in [-0.1, -0.05) is 12.2 Å². The Morgan fingerprint density at radius 3 is 2.62 bits per heavy atom. The number of anilines is 1. The Bertz CT molecular complexity index is 980. The van der Waals surface area contributed by atoms with Gasteiger partial charge in [-0.2, -0.15) is 5.10 Å². The van der Waals surface area contributed by atoms with Crippen LogP contribution < -0.4 is 5.73 Å². The van der Waals surface area contributed by atoms with Crippen LogP contribution in [-0.2, 0) is 13.1 Å². The number of benzene rings is 1. The Morgan fingerprint density at radius 2 is 1.92 bits per heavy atom. The van der Waals surface area contributed by atoms with Crippen LogP contribution in [0.3, 0.4) is 0 Å². The van der Waals surface area contributed by atoms with Gasteiger partial charge in [-0.05, 0) is 48.9 Å². The van der Waals surface area contributed by atoms with Gasteiger partial charge in [0.2, 0.25) is 0 Å². The normalized spacial score (nSPS) is 13.5. The summed E-state index contributed by atoms with van der Waals surface area (Å²) in [5.41, 5.74) is 10.6. The molecule has 26 heavy (non-hydrogen) atoms. The number of nitrogens with two attached hydrogens (primary N) is 1. The van der Waals surface area contributed by atoms with Gasteiger partial charge in [-0.25, -0.2) is 9.37 Å². The Kier molecular flexibility index (Phi) is 4.16. The van der Waals surface area contributed by atoms with E-state index in [1.54, 1.807) is 18.3 Å². The van der Waals surface area contributed by atoms with Crippen molar-refractivity contribution in [2.75, 3.05) is 12.3 Å². The zero-order valence-corrected chi connectivity index (χ0v) is 15.1. The first-order valence-electron chi connectivity index (χ1n) is 8.36. The molecular weight excluding hydrogens is 349 g/mol. The van der Waals surface area contributed by atoms with E-state index in [9.17, 15) is 4.39 Å². The standard InChI is InChI=1S/C19H18FN5S/c1-12(26)24-8-9-25-16(11-24)18(14-6-7-22-17(21)10-14)19(23-25)13-2-4-15(20)5-3-13/h2-7,10H,8-9,11H2,1H3,(H2,21,22). The monoisotopic (exact) mass is 367 g/mol. The summed E-state index contributed by atoms with van der Waals surface area (Å²) in [7, 11) is 0. The molecule has 0 bridgehead atoms. The number of nitrogens with zero attached hydrogens (tertiary/aromatic N) is 4. The number of hydrogen-bond acceptors (Lipinski definition) is 4. The second-order valence-corrected chi connectivity index (χ2v) is 6.90. The largest absolute Gasteiger partial charge is 0.384 e. The lowest BCUT2D eigenvalue weighted by Gasteiger charge is -2.29. The third-order valence-electron chi connectivity index (χ3n) is 4.61. The zero-order chi connectivity index (χ0) is 18.3. The molecule has 0 saturated heterocycles.